The molecule has 0 amide bonds. The minimum atomic E-state index is -3.75. The average molecular weight is 396 g/mol. The van der Waals surface area contributed by atoms with Crippen molar-refractivity contribution in [1.29, 1.82) is 0 Å². The van der Waals surface area contributed by atoms with E-state index in [2.05, 4.69) is 25.6 Å². The molecule has 1 aromatic carbocycles. The van der Waals surface area contributed by atoms with Gasteiger partial charge in [0, 0.05) is 10.7 Å². The molecule has 0 unspecified atom stereocenters. The van der Waals surface area contributed by atoms with Crippen LogP contribution in [-0.2, 0) is 10.0 Å². The molecule has 0 bridgehead atoms. The van der Waals surface area contributed by atoms with Crippen molar-refractivity contribution < 1.29 is 8.42 Å². The van der Waals surface area contributed by atoms with Crippen LogP contribution in [0.4, 0.5) is 5.82 Å². The van der Waals surface area contributed by atoms with Crippen LogP contribution in [0.5, 0.6) is 0 Å². The normalized spacial score (nSPS) is 11.4. The second-order valence-corrected chi connectivity index (χ2v) is 7.35. The number of anilines is 1. The molecule has 0 radical (unpaired) electrons. The summed E-state index contributed by atoms with van der Waals surface area (Å²) in [5, 5.41) is 0.470. The number of halogens is 3. The summed E-state index contributed by atoms with van der Waals surface area (Å²) in [5.74, 6) is 0.233. The van der Waals surface area contributed by atoms with Crippen molar-refractivity contribution >= 4 is 55.0 Å². The highest BCUT2D eigenvalue weighted by Gasteiger charge is 2.16. The average Bonchev–Trinajstić information content (AvgIpc) is 2.37. The number of sulfonamides is 1. The van der Waals surface area contributed by atoms with E-state index < -0.39 is 10.0 Å². The zero-order chi connectivity index (χ0) is 14.9. The van der Waals surface area contributed by atoms with E-state index in [9.17, 15) is 8.42 Å². The highest BCUT2D eigenvalue weighted by atomic mass is 79.9. The quantitative estimate of drug-likeness (QED) is 0.844. The number of aryl methyl sites for hydroxylation is 1. The van der Waals surface area contributed by atoms with Gasteiger partial charge in [-0.25, -0.2) is 13.4 Å². The fraction of sp³-hybridized carbons (Fsp3) is 0.0833. The first-order valence-electron chi connectivity index (χ1n) is 5.39. The number of benzene rings is 1. The Morgan fingerprint density at radius 3 is 2.50 bits per heavy atom. The lowest BCUT2D eigenvalue weighted by atomic mass is 10.3. The lowest BCUT2D eigenvalue weighted by Crippen LogP contribution is -2.14. The van der Waals surface area contributed by atoms with Gasteiger partial charge < -0.3 is 0 Å². The van der Waals surface area contributed by atoms with E-state index in [-0.39, 0.29) is 15.7 Å². The summed E-state index contributed by atoms with van der Waals surface area (Å²) in [6, 6.07) is 5.72. The Bertz CT molecular complexity index is 766. The van der Waals surface area contributed by atoms with E-state index in [1.165, 1.54) is 24.4 Å². The Hall–Kier alpha value is -0.820. The minimum absolute atomic E-state index is 0.0225. The molecule has 0 aliphatic heterocycles. The van der Waals surface area contributed by atoms with Crippen LogP contribution in [0.3, 0.4) is 0 Å². The molecule has 0 spiro atoms. The van der Waals surface area contributed by atoms with Crippen LogP contribution >= 0.6 is 39.1 Å². The van der Waals surface area contributed by atoms with E-state index in [1.807, 2.05) is 6.92 Å². The second kappa shape index (κ2) is 5.89. The summed E-state index contributed by atoms with van der Waals surface area (Å²) in [6.07, 6.45) is 1.53. The zero-order valence-electron chi connectivity index (χ0n) is 10.2. The fourth-order valence-corrected chi connectivity index (χ4v) is 3.04. The Morgan fingerprint density at radius 2 is 1.90 bits per heavy atom. The third kappa shape index (κ3) is 3.44. The van der Waals surface area contributed by atoms with Gasteiger partial charge in [-0.05, 0) is 52.7 Å². The SMILES string of the molecule is Cc1cc(NS(=O)(=O)c2ccc(Cl)c(Cl)c2)ncc1Br. The molecule has 0 aliphatic carbocycles. The summed E-state index contributed by atoms with van der Waals surface area (Å²) in [4.78, 5) is 4.02. The summed E-state index contributed by atoms with van der Waals surface area (Å²) in [7, 11) is -3.75. The first-order chi connectivity index (χ1) is 9.29. The van der Waals surface area contributed by atoms with Crippen molar-refractivity contribution in [2.24, 2.45) is 0 Å². The lowest BCUT2D eigenvalue weighted by Gasteiger charge is -2.09. The summed E-state index contributed by atoms with van der Waals surface area (Å²) >= 11 is 14.9. The second-order valence-electron chi connectivity index (χ2n) is 4.00. The molecule has 0 fully saturated rings. The number of hydrogen-bond donors (Lipinski definition) is 1. The summed E-state index contributed by atoms with van der Waals surface area (Å²) in [6.45, 7) is 1.84. The van der Waals surface area contributed by atoms with Crippen molar-refractivity contribution in [3.63, 3.8) is 0 Å². The fourth-order valence-electron chi connectivity index (χ4n) is 1.44. The highest BCUT2D eigenvalue weighted by Crippen LogP contribution is 2.26. The molecule has 1 N–H and O–H groups in total. The van der Waals surface area contributed by atoms with Crippen LogP contribution in [0.1, 0.15) is 5.56 Å². The van der Waals surface area contributed by atoms with Crippen LogP contribution in [0.15, 0.2) is 39.8 Å². The molecule has 106 valence electrons. The number of hydrogen-bond acceptors (Lipinski definition) is 3. The van der Waals surface area contributed by atoms with Crippen molar-refractivity contribution in [1.82, 2.24) is 4.98 Å². The Balaban J connectivity index is 2.35. The lowest BCUT2D eigenvalue weighted by molar-refractivity contribution is 0.601. The standard InChI is InChI=1S/C12H9BrCl2N2O2S/c1-7-4-12(16-6-9(7)13)17-20(18,19)8-2-3-10(14)11(15)5-8/h2-6H,1H3,(H,16,17). The third-order valence-corrected chi connectivity index (χ3v) is 5.41. The zero-order valence-corrected chi connectivity index (χ0v) is 14.1. The van der Waals surface area contributed by atoms with Crippen molar-refractivity contribution in [2.75, 3.05) is 4.72 Å². The predicted octanol–water partition coefficient (Wildman–Crippen LogP) is 4.26. The molecule has 0 saturated heterocycles. The largest absolute Gasteiger partial charge is 0.263 e. The molecular formula is C12H9BrCl2N2O2S. The summed E-state index contributed by atoms with van der Waals surface area (Å²) < 4.78 is 27.6. The van der Waals surface area contributed by atoms with Crippen LogP contribution in [-0.4, -0.2) is 13.4 Å². The molecule has 1 heterocycles. The van der Waals surface area contributed by atoms with E-state index in [4.69, 9.17) is 23.2 Å². The highest BCUT2D eigenvalue weighted by molar-refractivity contribution is 9.10. The molecule has 1 aromatic heterocycles. The maximum absolute atomic E-state index is 12.2. The van der Waals surface area contributed by atoms with E-state index >= 15 is 0 Å². The molecular weight excluding hydrogens is 387 g/mol. The molecule has 0 aliphatic rings. The van der Waals surface area contributed by atoms with E-state index in [0.717, 1.165) is 10.0 Å². The molecule has 20 heavy (non-hydrogen) atoms. The van der Waals surface area contributed by atoms with Gasteiger partial charge in [-0.15, -0.1) is 0 Å². The van der Waals surface area contributed by atoms with Crippen LogP contribution in [0, 0.1) is 6.92 Å². The van der Waals surface area contributed by atoms with Crippen LogP contribution < -0.4 is 4.72 Å². The molecule has 0 atom stereocenters. The van der Waals surface area contributed by atoms with Gasteiger partial charge in [0.2, 0.25) is 0 Å². The topological polar surface area (TPSA) is 59.1 Å². The first kappa shape index (κ1) is 15.6. The van der Waals surface area contributed by atoms with Gasteiger partial charge in [-0.1, -0.05) is 23.2 Å². The van der Waals surface area contributed by atoms with E-state index in [1.54, 1.807) is 6.07 Å². The first-order valence-corrected chi connectivity index (χ1v) is 8.43. The third-order valence-electron chi connectivity index (χ3n) is 2.49. The maximum atomic E-state index is 12.2. The predicted molar refractivity (Wildman–Crippen MR) is 83.9 cm³/mol. The number of aromatic nitrogens is 1. The monoisotopic (exact) mass is 394 g/mol. The van der Waals surface area contributed by atoms with Crippen LogP contribution in [0.25, 0.3) is 0 Å². The smallest absolute Gasteiger partial charge is 0.263 e. The van der Waals surface area contributed by atoms with Gasteiger partial charge in [0.1, 0.15) is 5.82 Å². The summed E-state index contributed by atoms with van der Waals surface area (Å²) in [5.41, 5.74) is 0.867. The van der Waals surface area contributed by atoms with Gasteiger partial charge in [-0.3, -0.25) is 4.72 Å². The van der Waals surface area contributed by atoms with Crippen molar-refractivity contribution in [2.45, 2.75) is 11.8 Å². The van der Waals surface area contributed by atoms with E-state index in [0.29, 0.717) is 5.02 Å². The number of nitrogens with one attached hydrogen (secondary N) is 1. The van der Waals surface area contributed by atoms with Gasteiger partial charge in [0.25, 0.3) is 10.0 Å². The molecule has 8 heteroatoms. The molecule has 2 rings (SSSR count). The maximum Gasteiger partial charge on any atom is 0.263 e. The van der Waals surface area contributed by atoms with Gasteiger partial charge >= 0.3 is 0 Å². The van der Waals surface area contributed by atoms with Crippen LogP contribution in [0.2, 0.25) is 10.0 Å². The number of nitrogens with zero attached hydrogens (tertiary/aromatic N) is 1. The molecule has 0 saturated carbocycles. The molecule has 4 nitrogen and oxygen atoms in total. The number of rotatable bonds is 3. The number of pyridine rings is 1. The van der Waals surface area contributed by atoms with Gasteiger partial charge in [0.15, 0.2) is 0 Å². The van der Waals surface area contributed by atoms with Crippen molar-refractivity contribution in [3.8, 4) is 0 Å². The van der Waals surface area contributed by atoms with Crippen molar-refractivity contribution in [3.05, 3.63) is 50.5 Å². The van der Waals surface area contributed by atoms with Gasteiger partial charge in [-0.2, -0.15) is 0 Å². The Kier molecular flexibility index (Phi) is 4.59. The Morgan fingerprint density at radius 1 is 1.20 bits per heavy atom. The molecule has 2 aromatic rings. The Labute approximate surface area is 135 Å². The van der Waals surface area contributed by atoms with Gasteiger partial charge in [0.05, 0.1) is 14.9 Å². The minimum Gasteiger partial charge on any atom is -0.263 e.